The molecule has 0 bridgehead atoms. The van der Waals surface area contributed by atoms with Crippen LogP contribution in [0.5, 0.6) is 0 Å². The second-order valence-corrected chi connectivity index (χ2v) is 6.38. The predicted molar refractivity (Wildman–Crippen MR) is 80.5 cm³/mol. The number of hydrogen-bond acceptors (Lipinski definition) is 0. The van der Waals surface area contributed by atoms with Gasteiger partial charge in [0.25, 0.3) is 0 Å². The summed E-state index contributed by atoms with van der Waals surface area (Å²) in [6.45, 7) is 11.9. The van der Waals surface area contributed by atoms with Crippen LogP contribution in [0.25, 0.3) is 0 Å². The molecule has 0 aromatic carbocycles. The number of hydrogen-bond donors (Lipinski definition) is 0. The van der Waals surface area contributed by atoms with Crippen LogP contribution in [0.1, 0.15) is 98.8 Å². The van der Waals surface area contributed by atoms with Gasteiger partial charge in [0, 0.05) is 0 Å². The summed E-state index contributed by atoms with van der Waals surface area (Å²) in [4.78, 5) is 0. The Labute approximate surface area is 111 Å². The van der Waals surface area contributed by atoms with E-state index in [1.807, 2.05) is 0 Å². The molecule has 104 valence electrons. The van der Waals surface area contributed by atoms with Gasteiger partial charge in [0.15, 0.2) is 0 Å². The van der Waals surface area contributed by atoms with Crippen molar-refractivity contribution in [1.82, 2.24) is 0 Å². The minimum absolute atomic E-state index is 0.626. The molecule has 0 heterocycles. The zero-order valence-electron chi connectivity index (χ0n) is 13.1. The Balaban J connectivity index is 3.76. The second kappa shape index (κ2) is 9.97. The monoisotopic (exact) mass is 240 g/mol. The van der Waals surface area contributed by atoms with Gasteiger partial charge in [0.1, 0.15) is 0 Å². The molecule has 0 heteroatoms. The van der Waals surface area contributed by atoms with Crippen LogP contribution in [0.3, 0.4) is 0 Å². The molecule has 0 aromatic rings. The summed E-state index contributed by atoms with van der Waals surface area (Å²) >= 11 is 0. The standard InChI is InChI=1S/C17H36/c1-6-9-10-11-14-17(5,8-3)15-12-13-16(4)7-2/h16H,6-15H2,1-5H3. The lowest BCUT2D eigenvalue weighted by Gasteiger charge is -2.29. The van der Waals surface area contributed by atoms with Crippen LogP contribution in [0.2, 0.25) is 0 Å². The summed E-state index contributed by atoms with van der Waals surface area (Å²) in [7, 11) is 0. The minimum atomic E-state index is 0.626. The van der Waals surface area contributed by atoms with E-state index in [0.29, 0.717) is 5.41 Å². The van der Waals surface area contributed by atoms with Crippen molar-refractivity contribution in [2.24, 2.45) is 11.3 Å². The molecule has 0 aliphatic heterocycles. The van der Waals surface area contributed by atoms with Gasteiger partial charge in [-0.3, -0.25) is 0 Å². The Hall–Kier alpha value is 0. The molecule has 0 amide bonds. The Kier molecular flexibility index (Phi) is 9.97. The average Bonchev–Trinajstić information content (AvgIpc) is 2.34. The third-order valence-corrected chi connectivity index (χ3v) is 4.66. The van der Waals surface area contributed by atoms with E-state index >= 15 is 0 Å². The van der Waals surface area contributed by atoms with Gasteiger partial charge in [-0.15, -0.1) is 0 Å². The van der Waals surface area contributed by atoms with Crippen molar-refractivity contribution in [2.75, 3.05) is 0 Å². The van der Waals surface area contributed by atoms with Crippen LogP contribution in [-0.4, -0.2) is 0 Å². The summed E-state index contributed by atoms with van der Waals surface area (Å²) in [6, 6.07) is 0. The fourth-order valence-corrected chi connectivity index (χ4v) is 2.54. The van der Waals surface area contributed by atoms with Crippen LogP contribution < -0.4 is 0 Å². The molecule has 0 N–H and O–H groups in total. The van der Waals surface area contributed by atoms with Gasteiger partial charge in [0.05, 0.1) is 0 Å². The summed E-state index contributed by atoms with van der Waals surface area (Å²) in [5.74, 6) is 0.927. The highest BCUT2D eigenvalue weighted by Gasteiger charge is 2.20. The quantitative estimate of drug-likeness (QED) is 0.357. The Morgan fingerprint density at radius 1 is 0.882 bits per heavy atom. The SMILES string of the molecule is CCCCCCC(C)(CC)CCCC(C)CC. The smallest absolute Gasteiger partial charge is 0.0328 e. The predicted octanol–water partition coefficient (Wildman–Crippen LogP) is 6.59. The van der Waals surface area contributed by atoms with E-state index in [1.54, 1.807) is 0 Å². The first-order valence-electron chi connectivity index (χ1n) is 8.08. The lowest BCUT2D eigenvalue weighted by Crippen LogP contribution is -2.15. The molecule has 0 spiro atoms. The second-order valence-electron chi connectivity index (χ2n) is 6.38. The number of unbranched alkanes of at least 4 members (excludes halogenated alkanes) is 3. The molecule has 0 aliphatic carbocycles. The van der Waals surface area contributed by atoms with Crippen LogP contribution in [-0.2, 0) is 0 Å². The molecule has 2 atom stereocenters. The highest BCUT2D eigenvalue weighted by atomic mass is 14.3. The van der Waals surface area contributed by atoms with E-state index in [0.717, 1.165) is 5.92 Å². The first-order valence-corrected chi connectivity index (χ1v) is 8.08. The maximum atomic E-state index is 2.51. The van der Waals surface area contributed by atoms with Crippen molar-refractivity contribution in [1.29, 1.82) is 0 Å². The fraction of sp³-hybridized carbons (Fsp3) is 1.00. The van der Waals surface area contributed by atoms with Gasteiger partial charge in [0.2, 0.25) is 0 Å². The first-order chi connectivity index (χ1) is 8.08. The largest absolute Gasteiger partial charge is 0.0654 e. The van der Waals surface area contributed by atoms with E-state index in [4.69, 9.17) is 0 Å². The highest BCUT2D eigenvalue weighted by Crippen LogP contribution is 2.34. The van der Waals surface area contributed by atoms with E-state index in [1.165, 1.54) is 64.2 Å². The fourth-order valence-electron chi connectivity index (χ4n) is 2.54. The van der Waals surface area contributed by atoms with Crippen molar-refractivity contribution in [3.8, 4) is 0 Å². The molecule has 0 fully saturated rings. The van der Waals surface area contributed by atoms with Crippen molar-refractivity contribution in [2.45, 2.75) is 98.8 Å². The Morgan fingerprint density at radius 3 is 2.06 bits per heavy atom. The van der Waals surface area contributed by atoms with Gasteiger partial charge in [-0.1, -0.05) is 86.0 Å². The van der Waals surface area contributed by atoms with E-state index in [2.05, 4.69) is 34.6 Å². The third-order valence-electron chi connectivity index (χ3n) is 4.66. The van der Waals surface area contributed by atoms with E-state index < -0.39 is 0 Å². The summed E-state index contributed by atoms with van der Waals surface area (Å²) in [5, 5.41) is 0. The molecule has 2 unspecified atom stereocenters. The van der Waals surface area contributed by atoms with Gasteiger partial charge in [-0.25, -0.2) is 0 Å². The molecular formula is C17H36. The lowest BCUT2D eigenvalue weighted by atomic mass is 9.77. The molecule has 0 rings (SSSR count). The van der Waals surface area contributed by atoms with Crippen LogP contribution in [0.4, 0.5) is 0 Å². The van der Waals surface area contributed by atoms with E-state index in [9.17, 15) is 0 Å². The maximum Gasteiger partial charge on any atom is -0.0328 e. The molecule has 0 aliphatic rings. The molecule has 0 saturated carbocycles. The topological polar surface area (TPSA) is 0 Å². The van der Waals surface area contributed by atoms with Crippen molar-refractivity contribution >= 4 is 0 Å². The Morgan fingerprint density at radius 2 is 1.53 bits per heavy atom. The average molecular weight is 240 g/mol. The maximum absolute atomic E-state index is 2.51. The summed E-state index contributed by atoms with van der Waals surface area (Å²) in [5.41, 5.74) is 0.626. The molecule has 0 radical (unpaired) electrons. The Bertz CT molecular complexity index is 161. The van der Waals surface area contributed by atoms with E-state index in [-0.39, 0.29) is 0 Å². The summed E-state index contributed by atoms with van der Waals surface area (Å²) < 4.78 is 0. The number of rotatable bonds is 11. The highest BCUT2D eigenvalue weighted by molar-refractivity contribution is 4.73. The van der Waals surface area contributed by atoms with Crippen molar-refractivity contribution in [3.05, 3.63) is 0 Å². The van der Waals surface area contributed by atoms with Crippen molar-refractivity contribution in [3.63, 3.8) is 0 Å². The molecule has 0 saturated heterocycles. The minimum Gasteiger partial charge on any atom is -0.0654 e. The van der Waals surface area contributed by atoms with Crippen LogP contribution in [0, 0.1) is 11.3 Å². The van der Waals surface area contributed by atoms with Gasteiger partial charge in [-0.2, -0.15) is 0 Å². The van der Waals surface area contributed by atoms with Crippen molar-refractivity contribution < 1.29 is 0 Å². The lowest BCUT2D eigenvalue weighted by molar-refractivity contribution is 0.236. The third kappa shape index (κ3) is 8.69. The van der Waals surface area contributed by atoms with Gasteiger partial charge < -0.3 is 0 Å². The van der Waals surface area contributed by atoms with Crippen LogP contribution in [0.15, 0.2) is 0 Å². The zero-order chi connectivity index (χ0) is 13.1. The first kappa shape index (κ1) is 17.0. The van der Waals surface area contributed by atoms with Gasteiger partial charge in [-0.05, 0) is 24.2 Å². The summed E-state index contributed by atoms with van der Waals surface area (Å²) in [6.07, 6.45) is 14.1. The molecular weight excluding hydrogens is 204 g/mol. The normalized spacial score (nSPS) is 16.8. The zero-order valence-corrected chi connectivity index (χ0v) is 13.1. The molecule has 17 heavy (non-hydrogen) atoms. The molecule has 0 aromatic heterocycles. The van der Waals surface area contributed by atoms with Gasteiger partial charge >= 0.3 is 0 Å². The molecule has 0 nitrogen and oxygen atoms in total. The van der Waals surface area contributed by atoms with Crippen LogP contribution >= 0.6 is 0 Å².